The van der Waals surface area contributed by atoms with Crippen LogP contribution < -0.4 is 10.2 Å². The first-order valence-corrected chi connectivity index (χ1v) is 7.73. The third-order valence-electron chi connectivity index (χ3n) is 4.30. The molecule has 0 bridgehead atoms. The van der Waals surface area contributed by atoms with Crippen LogP contribution in [0.15, 0.2) is 24.5 Å². The molecular weight excluding hydrogens is 278 g/mol. The van der Waals surface area contributed by atoms with E-state index in [9.17, 15) is 4.79 Å². The molecule has 1 saturated carbocycles. The Morgan fingerprint density at radius 3 is 2.91 bits per heavy atom. The van der Waals surface area contributed by atoms with E-state index in [2.05, 4.69) is 21.6 Å². The van der Waals surface area contributed by atoms with Crippen LogP contribution in [0.5, 0.6) is 0 Å². The van der Waals surface area contributed by atoms with E-state index < -0.39 is 0 Å². The second-order valence-electron chi connectivity index (χ2n) is 6.12. The van der Waals surface area contributed by atoms with Crippen LogP contribution in [0.3, 0.4) is 0 Å². The van der Waals surface area contributed by atoms with Crippen molar-refractivity contribution in [3.05, 3.63) is 24.5 Å². The van der Waals surface area contributed by atoms with Gasteiger partial charge in [0.05, 0.1) is 29.7 Å². The van der Waals surface area contributed by atoms with Gasteiger partial charge in [-0.2, -0.15) is 5.10 Å². The Morgan fingerprint density at radius 1 is 1.36 bits per heavy atom. The molecule has 6 heteroatoms. The minimum Gasteiger partial charge on any atom is -0.366 e. The SMILES string of the molecule is CC(=O)N1c2ccc(-c3cnn(C4CC4)c3)nc2NC[C@@H]1C. The molecule has 4 rings (SSSR count). The Kier molecular flexibility index (Phi) is 2.92. The van der Waals surface area contributed by atoms with Crippen molar-refractivity contribution in [1.82, 2.24) is 14.8 Å². The summed E-state index contributed by atoms with van der Waals surface area (Å²) in [6.45, 7) is 4.34. The van der Waals surface area contributed by atoms with Crippen LogP contribution in [0, 0.1) is 0 Å². The van der Waals surface area contributed by atoms with E-state index in [1.807, 2.05) is 29.9 Å². The summed E-state index contributed by atoms with van der Waals surface area (Å²) in [6.07, 6.45) is 6.35. The van der Waals surface area contributed by atoms with Gasteiger partial charge in [0.25, 0.3) is 0 Å². The number of carbonyl (C=O) groups excluding carboxylic acids is 1. The molecule has 0 spiro atoms. The summed E-state index contributed by atoms with van der Waals surface area (Å²) in [5.74, 6) is 0.816. The van der Waals surface area contributed by atoms with Gasteiger partial charge in [-0.3, -0.25) is 9.48 Å². The van der Waals surface area contributed by atoms with Gasteiger partial charge in [-0.1, -0.05) is 0 Å². The zero-order valence-electron chi connectivity index (χ0n) is 12.8. The molecule has 1 fully saturated rings. The van der Waals surface area contributed by atoms with Crippen molar-refractivity contribution >= 4 is 17.4 Å². The largest absolute Gasteiger partial charge is 0.366 e. The van der Waals surface area contributed by atoms with E-state index in [1.54, 1.807) is 11.8 Å². The highest BCUT2D eigenvalue weighted by atomic mass is 16.2. The van der Waals surface area contributed by atoms with Gasteiger partial charge in [0, 0.05) is 25.2 Å². The Labute approximate surface area is 129 Å². The van der Waals surface area contributed by atoms with E-state index in [0.29, 0.717) is 12.6 Å². The van der Waals surface area contributed by atoms with E-state index >= 15 is 0 Å². The van der Waals surface area contributed by atoms with Crippen molar-refractivity contribution in [2.75, 3.05) is 16.8 Å². The molecule has 0 radical (unpaired) electrons. The topological polar surface area (TPSA) is 63.1 Å². The maximum atomic E-state index is 11.9. The average Bonchev–Trinajstić information content (AvgIpc) is 3.24. The van der Waals surface area contributed by atoms with E-state index in [-0.39, 0.29) is 11.9 Å². The maximum absolute atomic E-state index is 11.9. The highest BCUT2D eigenvalue weighted by Gasteiger charge is 2.28. The van der Waals surface area contributed by atoms with Crippen molar-refractivity contribution in [3.8, 4) is 11.3 Å². The van der Waals surface area contributed by atoms with Crippen LogP contribution in [-0.2, 0) is 4.79 Å². The highest BCUT2D eigenvalue weighted by Crippen LogP contribution is 2.36. The van der Waals surface area contributed by atoms with Gasteiger partial charge in [-0.25, -0.2) is 4.98 Å². The Balaban J connectivity index is 1.70. The van der Waals surface area contributed by atoms with Crippen molar-refractivity contribution in [3.63, 3.8) is 0 Å². The molecule has 2 aromatic heterocycles. The van der Waals surface area contributed by atoms with Gasteiger partial charge in [-0.05, 0) is 31.9 Å². The molecule has 114 valence electrons. The third kappa shape index (κ3) is 2.15. The van der Waals surface area contributed by atoms with Crippen molar-refractivity contribution < 1.29 is 4.79 Å². The standard InChI is InChI=1S/C16H19N5O/c1-10-7-17-16-15(21(10)11(2)22)6-5-14(19-16)12-8-18-20(9-12)13-3-4-13/h5-6,8-10,13H,3-4,7H2,1-2H3,(H,17,19)/t10-/m0/s1. The lowest BCUT2D eigenvalue weighted by Gasteiger charge is -2.34. The fourth-order valence-electron chi connectivity index (χ4n) is 3.00. The Hall–Kier alpha value is -2.37. The second kappa shape index (κ2) is 4.83. The predicted molar refractivity (Wildman–Crippen MR) is 84.8 cm³/mol. The van der Waals surface area contributed by atoms with E-state index in [0.717, 1.165) is 22.8 Å². The lowest BCUT2D eigenvalue weighted by atomic mass is 10.1. The minimum absolute atomic E-state index is 0.0475. The Bertz CT molecular complexity index is 734. The van der Waals surface area contributed by atoms with Crippen LogP contribution >= 0.6 is 0 Å². The number of anilines is 2. The molecule has 0 saturated heterocycles. The minimum atomic E-state index is 0.0475. The first-order valence-electron chi connectivity index (χ1n) is 7.73. The van der Waals surface area contributed by atoms with E-state index in [1.165, 1.54) is 12.8 Å². The second-order valence-corrected chi connectivity index (χ2v) is 6.12. The van der Waals surface area contributed by atoms with Crippen molar-refractivity contribution in [2.45, 2.75) is 38.8 Å². The van der Waals surface area contributed by atoms with Crippen LogP contribution in [0.4, 0.5) is 11.5 Å². The molecule has 22 heavy (non-hydrogen) atoms. The summed E-state index contributed by atoms with van der Waals surface area (Å²) < 4.78 is 2.02. The van der Waals surface area contributed by atoms with Gasteiger partial charge >= 0.3 is 0 Å². The quantitative estimate of drug-likeness (QED) is 0.925. The zero-order valence-corrected chi connectivity index (χ0v) is 12.8. The number of amides is 1. The van der Waals surface area contributed by atoms with Crippen LogP contribution in [0.1, 0.15) is 32.7 Å². The summed E-state index contributed by atoms with van der Waals surface area (Å²) in [6, 6.07) is 4.63. The van der Waals surface area contributed by atoms with Crippen LogP contribution in [0.25, 0.3) is 11.3 Å². The molecule has 1 N–H and O–H groups in total. The molecule has 2 aliphatic rings. The summed E-state index contributed by atoms with van der Waals surface area (Å²) in [7, 11) is 0. The normalized spacial score (nSPS) is 20.5. The number of hydrogen-bond donors (Lipinski definition) is 1. The van der Waals surface area contributed by atoms with Crippen LogP contribution in [0.2, 0.25) is 0 Å². The number of carbonyl (C=O) groups is 1. The fourth-order valence-corrected chi connectivity index (χ4v) is 3.00. The summed E-state index contributed by atoms with van der Waals surface area (Å²) in [5, 5.41) is 7.73. The molecule has 0 aromatic carbocycles. The average molecular weight is 297 g/mol. The fraction of sp³-hybridized carbons (Fsp3) is 0.438. The van der Waals surface area contributed by atoms with Crippen LogP contribution in [-0.4, -0.2) is 33.3 Å². The van der Waals surface area contributed by atoms with Gasteiger partial charge in [0.1, 0.15) is 0 Å². The molecule has 1 amide bonds. The number of fused-ring (bicyclic) bond motifs is 1. The lowest BCUT2D eigenvalue weighted by Crippen LogP contribution is -2.45. The molecule has 1 aliphatic carbocycles. The van der Waals surface area contributed by atoms with Gasteiger partial charge in [-0.15, -0.1) is 0 Å². The zero-order chi connectivity index (χ0) is 15.3. The van der Waals surface area contributed by atoms with Crippen molar-refractivity contribution in [1.29, 1.82) is 0 Å². The highest BCUT2D eigenvalue weighted by molar-refractivity contribution is 5.96. The summed E-state index contributed by atoms with van der Waals surface area (Å²) >= 11 is 0. The Morgan fingerprint density at radius 2 is 2.18 bits per heavy atom. The number of rotatable bonds is 2. The number of nitrogens with one attached hydrogen (secondary N) is 1. The predicted octanol–water partition coefficient (Wildman–Crippen LogP) is 2.45. The smallest absolute Gasteiger partial charge is 0.224 e. The summed E-state index contributed by atoms with van der Waals surface area (Å²) in [4.78, 5) is 18.4. The van der Waals surface area contributed by atoms with Gasteiger partial charge < -0.3 is 10.2 Å². The molecule has 0 unspecified atom stereocenters. The molecule has 1 aliphatic heterocycles. The van der Waals surface area contributed by atoms with Gasteiger partial charge in [0.2, 0.25) is 5.91 Å². The number of hydrogen-bond acceptors (Lipinski definition) is 4. The molecule has 3 heterocycles. The maximum Gasteiger partial charge on any atom is 0.224 e. The molecule has 2 aromatic rings. The third-order valence-corrected chi connectivity index (χ3v) is 4.30. The van der Waals surface area contributed by atoms with Gasteiger partial charge in [0.15, 0.2) is 5.82 Å². The molecule has 1 atom stereocenters. The number of aromatic nitrogens is 3. The monoisotopic (exact) mass is 297 g/mol. The first-order chi connectivity index (χ1) is 10.6. The van der Waals surface area contributed by atoms with E-state index in [4.69, 9.17) is 0 Å². The summed E-state index contributed by atoms with van der Waals surface area (Å²) in [5.41, 5.74) is 2.75. The lowest BCUT2D eigenvalue weighted by molar-refractivity contribution is -0.116. The van der Waals surface area contributed by atoms with Crippen molar-refractivity contribution in [2.24, 2.45) is 0 Å². The first kappa shape index (κ1) is 13.3. The number of pyridine rings is 1. The molecular formula is C16H19N5O. The molecule has 6 nitrogen and oxygen atoms in total. The number of nitrogens with zero attached hydrogens (tertiary/aromatic N) is 4.